The van der Waals surface area contributed by atoms with Gasteiger partial charge in [0.1, 0.15) is 41.1 Å². The number of rotatable bonds is 9. The highest BCUT2D eigenvalue weighted by Gasteiger charge is 2.54. The van der Waals surface area contributed by atoms with Gasteiger partial charge in [0, 0.05) is 23.9 Å². The number of thioether (sulfide) groups is 1. The van der Waals surface area contributed by atoms with Gasteiger partial charge >= 0.3 is 11.9 Å². The number of aromatic hydroxyl groups is 1. The van der Waals surface area contributed by atoms with Crippen LogP contribution in [0.4, 0.5) is 0 Å². The fourth-order valence-electron chi connectivity index (χ4n) is 4.95. The summed E-state index contributed by atoms with van der Waals surface area (Å²) in [6, 6.07) is 13.3. The van der Waals surface area contributed by atoms with E-state index in [0.29, 0.717) is 5.69 Å². The van der Waals surface area contributed by atoms with Gasteiger partial charge in [0.2, 0.25) is 5.91 Å². The predicted octanol–water partition coefficient (Wildman–Crippen LogP) is 1.83. The van der Waals surface area contributed by atoms with Gasteiger partial charge in [0.05, 0.1) is 0 Å². The Hall–Kier alpha value is -5.37. The Labute approximate surface area is 260 Å². The molecule has 3 heterocycles. The first-order chi connectivity index (χ1) is 21.4. The first-order valence-corrected chi connectivity index (χ1v) is 14.7. The molecule has 3 atom stereocenters. The molecule has 1 fully saturated rings. The zero-order valence-corrected chi connectivity index (χ0v) is 24.8. The number of amides is 3. The van der Waals surface area contributed by atoms with Gasteiger partial charge in [-0.1, -0.05) is 42.0 Å². The second-order valence-electron chi connectivity index (χ2n) is 10.4. The Balaban J connectivity index is 1.36. The molecular formula is C31H28N4O9S. The summed E-state index contributed by atoms with van der Waals surface area (Å²) in [4.78, 5) is 79.9. The second kappa shape index (κ2) is 12.7. The SMILES string of the molecule is CC(=O)OCC1=C(C(=O)O)N2C(=O)C(NC(=O)C(NC(=O)c3ccc(-c4ccc(C)cc4)[nH]c3=O)c3ccc(O)cc3)[C@H]2SC1. The zero-order valence-electron chi connectivity index (χ0n) is 24.0. The van der Waals surface area contributed by atoms with E-state index in [-0.39, 0.29) is 40.5 Å². The highest BCUT2D eigenvalue weighted by molar-refractivity contribution is 8.00. The number of carboxylic acids is 1. The van der Waals surface area contributed by atoms with Crippen LogP contribution in [0.3, 0.4) is 0 Å². The minimum Gasteiger partial charge on any atom is -0.508 e. The number of nitrogens with one attached hydrogen (secondary N) is 3. The monoisotopic (exact) mass is 632 g/mol. The lowest BCUT2D eigenvalue weighted by atomic mass is 10.0. The number of ether oxygens (including phenoxy) is 1. The van der Waals surface area contributed by atoms with Crippen molar-refractivity contribution >= 4 is 41.4 Å². The average molecular weight is 633 g/mol. The minimum absolute atomic E-state index is 0.0895. The number of phenolic OH excluding ortho intramolecular Hbond substituents is 1. The summed E-state index contributed by atoms with van der Waals surface area (Å²) in [6.07, 6.45) is 0. The number of esters is 1. The van der Waals surface area contributed by atoms with Crippen LogP contribution in [0.25, 0.3) is 11.3 Å². The molecule has 1 aromatic heterocycles. The number of benzene rings is 2. The number of carboxylic acid groups (broad SMARTS) is 1. The van der Waals surface area contributed by atoms with Crippen LogP contribution in [-0.2, 0) is 23.9 Å². The summed E-state index contributed by atoms with van der Waals surface area (Å²) >= 11 is 1.18. The van der Waals surface area contributed by atoms with Crippen molar-refractivity contribution in [3.63, 3.8) is 0 Å². The fourth-order valence-corrected chi connectivity index (χ4v) is 6.28. The van der Waals surface area contributed by atoms with Crippen LogP contribution in [0.1, 0.15) is 34.5 Å². The first kappa shape index (κ1) is 31.1. The number of carbonyl (C=O) groups is 5. The number of aromatic nitrogens is 1. The molecule has 2 aliphatic rings. The number of nitrogens with zero attached hydrogens (tertiary/aromatic N) is 1. The van der Waals surface area contributed by atoms with E-state index in [1.165, 1.54) is 49.0 Å². The van der Waals surface area contributed by atoms with Crippen molar-refractivity contribution < 1.29 is 38.9 Å². The number of aryl methyl sites for hydroxylation is 1. The first-order valence-electron chi connectivity index (χ1n) is 13.7. The van der Waals surface area contributed by atoms with Gasteiger partial charge in [-0.2, -0.15) is 0 Å². The highest BCUT2D eigenvalue weighted by atomic mass is 32.2. The van der Waals surface area contributed by atoms with E-state index in [1.54, 1.807) is 6.07 Å². The lowest BCUT2D eigenvalue weighted by Gasteiger charge is -2.49. The molecular weight excluding hydrogens is 604 g/mol. The third kappa shape index (κ3) is 6.45. The lowest BCUT2D eigenvalue weighted by Crippen LogP contribution is -2.71. The Morgan fingerprint density at radius 3 is 2.36 bits per heavy atom. The third-order valence-corrected chi connectivity index (χ3v) is 8.62. The number of aromatic amines is 1. The smallest absolute Gasteiger partial charge is 0.352 e. The molecule has 232 valence electrons. The number of fused-ring (bicyclic) bond motifs is 1. The van der Waals surface area contributed by atoms with Crippen LogP contribution in [0, 0.1) is 6.92 Å². The predicted molar refractivity (Wildman–Crippen MR) is 162 cm³/mol. The van der Waals surface area contributed by atoms with Crippen molar-refractivity contribution in [1.29, 1.82) is 0 Å². The van der Waals surface area contributed by atoms with E-state index in [2.05, 4.69) is 15.6 Å². The number of carbonyl (C=O) groups excluding carboxylic acids is 4. The van der Waals surface area contributed by atoms with Crippen LogP contribution < -0.4 is 16.2 Å². The molecule has 13 nitrogen and oxygen atoms in total. The van der Waals surface area contributed by atoms with Crippen LogP contribution in [0.2, 0.25) is 0 Å². The molecule has 2 aromatic carbocycles. The van der Waals surface area contributed by atoms with Gasteiger partial charge in [-0.3, -0.25) is 28.9 Å². The Morgan fingerprint density at radius 1 is 1.04 bits per heavy atom. The van der Waals surface area contributed by atoms with Crippen molar-refractivity contribution in [2.75, 3.05) is 12.4 Å². The summed E-state index contributed by atoms with van der Waals surface area (Å²) in [5.41, 5.74) is 1.51. The molecule has 0 aliphatic carbocycles. The van der Waals surface area contributed by atoms with Crippen molar-refractivity contribution in [2.45, 2.75) is 31.3 Å². The summed E-state index contributed by atoms with van der Waals surface area (Å²) < 4.78 is 4.94. The maximum absolute atomic E-state index is 13.6. The largest absolute Gasteiger partial charge is 0.508 e. The van der Waals surface area contributed by atoms with Crippen molar-refractivity contribution in [2.24, 2.45) is 0 Å². The molecule has 2 unspecified atom stereocenters. The summed E-state index contributed by atoms with van der Waals surface area (Å²) in [6.45, 7) is 2.82. The Bertz CT molecular complexity index is 1780. The maximum Gasteiger partial charge on any atom is 0.352 e. The average Bonchev–Trinajstić information content (AvgIpc) is 3.01. The maximum atomic E-state index is 13.6. The molecule has 0 spiro atoms. The molecule has 3 aromatic rings. The quantitative estimate of drug-likeness (QED) is 0.172. The van der Waals surface area contributed by atoms with E-state index in [1.807, 2.05) is 31.2 Å². The zero-order chi connectivity index (χ0) is 32.4. The number of H-pyrrole nitrogens is 1. The van der Waals surface area contributed by atoms with Gasteiger partial charge in [-0.15, -0.1) is 11.8 Å². The van der Waals surface area contributed by atoms with Crippen molar-refractivity contribution in [1.82, 2.24) is 20.5 Å². The topological polar surface area (TPSA) is 195 Å². The molecule has 5 rings (SSSR count). The molecule has 0 bridgehead atoms. The third-order valence-electron chi connectivity index (χ3n) is 7.28. The summed E-state index contributed by atoms with van der Waals surface area (Å²) in [7, 11) is 0. The highest BCUT2D eigenvalue weighted by Crippen LogP contribution is 2.40. The van der Waals surface area contributed by atoms with Gasteiger partial charge in [0.25, 0.3) is 17.4 Å². The number of hydrogen-bond donors (Lipinski definition) is 5. The Morgan fingerprint density at radius 2 is 1.73 bits per heavy atom. The normalized spacial score (nSPS) is 17.9. The van der Waals surface area contributed by atoms with E-state index in [0.717, 1.165) is 16.0 Å². The number of phenols is 1. The van der Waals surface area contributed by atoms with Gasteiger partial charge < -0.3 is 30.6 Å². The Kier molecular flexibility index (Phi) is 8.77. The van der Waals surface area contributed by atoms with E-state index < -0.39 is 52.7 Å². The molecule has 5 N–H and O–H groups in total. The molecule has 3 amide bonds. The summed E-state index contributed by atoms with van der Waals surface area (Å²) in [5.74, 6) is -4.30. The van der Waals surface area contributed by atoms with Crippen molar-refractivity contribution in [3.8, 4) is 17.0 Å². The standard InChI is InChI=1S/C31H28N4O9S/c1-15-3-5-17(6-4-15)22-12-11-21(26(38)32-22)27(39)33-23(18-7-9-20(37)10-8-18)28(40)34-24-29(41)35-25(31(42)43)19(13-44-16(2)36)14-45-30(24)35/h3-12,23-24,30,37H,13-14H2,1-2H3,(H,32,38)(H,33,39)(H,34,40)(H,42,43)/t23?,24?,30-/m1/s1. The fraction of sp³-hybridized carbons (Fsp3) is 0.226. The van der Waals surface area contributed by atoms with E-state index in [9.17, 15) is 39.0 Å². The van der Waals surface area contributed by atoms with Crippen LogP contribution in [-0.4, -0.2) is 73.5 Å². The number of pyridine rings is 1. The van der Waals surface area contributed by atoms with E-state index in [4.69, 9.17) is 4.74 Å². The van der Waals surface area contributed by atoms with Crippen LogP contribution in [0.5, 0.6) is 5.75 Å². The van der Waals surface area contributed by atoms with Gasteiger partial charge in [-0.25, -0.2) is 4.79 Å². The van der Waals surface area contributed by atoms with Crippen molar-refractivity contribution in [3.05, 3.63) is 99.0 Å². The van der Waals surface area contributed by atoms with Gasteiger partial charge in [-0.05, 0) is 42.3 Å². The molecule has 1 saturated heterocycles. The molecule has 0 radical (unpaired) electrons. The molecule has 45 heavy (non-hydrogen) atoms. The van der Waals surface area contributed by atoms with E-state index >= 15 is 0 Å². The number of β-lactam (4-membered cyclic amide) rings is 1. The number of aliphatic carboxylic acids is 1. The number of hydrogen-bond acceptors (Lipinski definition) is 9. The summed E-state index contributed by atoms with van der Waals surface area (Å²) in [5, 5.41) is 23.9. The second-order valence-corrected chi connectivity index (χ2v) is 11.5. The van der Waals surface area contributed by atoms with Crippen LogP contribution >= 0.6 is 11.8 Å². The molecule has 0 saturated carbocycles. The van der Waals surface area contributed by atoms with Gasteiger partial charge in [0.15, 0.2) is 0 Å². The minimum atomic E-state index is -1.39. The molecule has 14 heteroatoms. The lowest BCUT2D eigenvalue weighted by molar-refractivity contribution is -0.151. The van der Waals surface area contributed by atoms with Crippen LogP contribution in [0.15, 0.2) is 76.7 Å². The molecule has 2 aliphatic heterocycles.